The standard InChI is InChI=1S/C13H17NO6S2/c1-21(17,18)10-5-7-11(8-6-10)22(19,20)14-9-3-2-4-12(14)13(15)16/h5-8,12H,2-4,9H2,1H3,(H,15,16)/t12-/m1/s1. The summed E-state index contributed by atoms with van der Waals surface area (Å²) in [5.41, 5.74) is 0. The van der Waals surface area contributed by atoms with Gasteiger partial charge in [0.1, 0.15) is 6.04 Å². The molecule has 0 spiro atoms. The van der Waals surface area contributed by atoms with Crippen molar-refractivity contribution in [2.75, 3.05) is 12.8 Å². The van der Waals surface area contributed by atoms with Gasteiger partial charge in [0.2, 0.25) is 10.0 Å². The van der Waals surface area contributed by atoms with Gasteiger partial charge in [-0.3, -0.25) is 4.79 Å². The van der Waals surface area contributed by atoms with Crippen LogP contribution in [0.5, 0.6) is 0 Å². The molecule has 2 rings (SSSR count). The normalized spacial score (nSPS) is 20.7. The maximum Gasteiger partial charge on any atom is 0.322 e. The minimum Gasteiger partial charge on any atom is -0.480 e. The van der Waals surface area contributed by atoms with Gasteiger partial charge >= 0.3 is 5.97 Å². The number of aliphatic carboxylic acids is 1. The number of benzene rings is 1. The van der Waals surface area contributed by atoms with Gasteiger partial charge in [0.15, 0.2) is 9.84 Å². The summed E-state index contributed by atoms with van der Waals surface area (Å²) in [7, 11) is -7.38. The molecule has 1 aliphatic heterocycles. The van der Waals surface area contributed by atoms with Crippen LogP contribution in [0.3, 0.4) is 0 Å². The summed E-state index contributed by atoms with van der Waals surface area (Å²) in [6.07, 6.45) is 2.57. The van der Waals surface area contributed by atoms with Crippen molar-refractivity contribution in [2.24, 2.45) is 0 Å². The zero-order valence-electron chi connectivity index (χ0n) is 12.0. The summed E-state index contributed by atoms with van der Waals surface area (Å²) >= 11 is 0. The lowest BCUT2D eigenvalue weighted by atomic mass is 10.1. The van der Waals surface area contributed by atoms with Crippen molar-refractivity contribution in [3.8, 4) is 0 Å². The smallest absolute Gasteiger partial charge is 0.322 e. The molecule has 0 aromatic heterocycles. The van der Waals surface area contributed by atoms with E-state index in [1.54, 1.807) is 0 Å². The predicted octanol–water partition coefficient (Wildman–Crippen LogP) is 0.718. The van der Waals surface area contributed by atoms with E-state index in [9.17, 15) is 26.7 Å². The molecule has 1 aliphatic rings. The predicted molar refractivity (Wildman–Crippen MR) is 78.7 cm³/mol. The van der Waals surface area contributed by atoms with E-state index in [1.807, 2.05) is 0 Å². The molecular formula is C13H17NO6S2. The van der Waals surface area contributed by atoms with Crippen LogP contribution in [-0.2, 0) is 24.7 Å². The number of rotatable bonds is 4. The lowest BCUT2D eigenvalue weighted by Crippen LogP contribution is -2.47. The Morgan fingerprint density at radius 2 is 1.64 bits per heavy atom. The minimum absolute atomic E-state index is 0.0138. The first-order chi connectivity index (χ1) is 10.1. The van der Waals surface area contributed by atoms with E-state index >= 15 is 0 Å². The lowest BCUT2D eigenvalue weighted by Gasteiger charge is -2.31. The lowest BCUT2D eigenvalue weighted by molar-refractivity contribution is -0.142. The van der Waals surface area contributed by atoms with Gasteiger partial charge in [-0.05, 0) is 43.5 Å². The number of carboxylic acids is 1. The summed E-state index contributed by atoms with van der Waals surface area (Å²) in [5, 5.41) is 9.18. The molecule has 1 N–H and O–H groups in total. The molecule has 0 radical (unpaired) electrons. The Bertz CT molecular complexity index is 767. The number of carbonyl (C=O) groups is 1. The number of sulfonamides is 1. The summed E-state index contributed by atoms with van der Waals surface area (Å²) in [6.45, 7) is 0.146. The van der Waals surface area contributed by atoms with Crippen molar-refractivity contribution >= 4 is 25.8 Å². The Hall–Kier alpha value is -1.45. The molecule has 1 atom stereocenters. The zero-order chi connectivity index (χ0) is 16.5. The maximum atomic E-state index is 12.6. The molecule has 1 saturated heterocycles. The van der Waals surface area contributed by atoms with Gasteiger partial charge in [-0.15, -0.1) is 0 Å². The van der Waals surface area contributed by atoms with Gasteiger partial charge in [0.05, 0.1) is 9.79 Å². The third-order valence-electron chi connectivity index (χ3n) is 3.60. The average Bonchev–Trinajstić information content (AvgIpc) is 2.46. The van der Waals surface area contributed by atoms with E-state index in [0.29, 0.717) is 12.8 Å². The summed E-state index contributed by atoms with van der Waals surface area (Å²) in [4.78, 5) is 11.2. The Balaban J connectivity index is 2.39. The zero-order valence-corrected chi connectivity index (χ0v) is 13.6. The van der Waals surface area contributed by atoms with Gasteiger partial charge in [-0.1, -0.05) is 0 Å². The largest absolute Gasteiger partial charge is 0.480 e. The van der Waals surface area contributed by atoms with Crippen LogP contribution in [0.2, 0.25) is 0 Å². The Kier molecular flexibility index (Phi) is 4.59. The molecule has 1 aromatic rings. The van der Waals surface area contributed by atoms with Gasteiger partial charge < -0.3 is 5.11 Å². The molecule has 9 heteroatoms. The van der Waals surface area contributed by atoms with Crippen LogP contribution in [0.25, 0.3) is 0 Å². The van der Waals surface area contributed by atoms with Crippen molar-refractivity contribution in [3.05, 3.63) is 24.3 Å². The van der Waals surface area contributed by atoms with E-state index in [1.165, 1.54) is 24.3 Å². The molecule has 7 nitrogen and oxygen atoms in total. The van der Waals surface area contributed by atoms with Crippen LogP contribution >= 0.6 is 0 Å². The molecule has 122 valence electrons. The second-order valence-electron chi connectivity index (χ2n) is 5.21. The Morgan fingerprint density at radius 3 is 2.14 bits per heavy atom. The van der Waals surface area contributed by atoms with E-state index < -0.39 is 31.9 Å². The molecule has 1 fully saturated rings. The van der Waals surface area contributed by atoms with Crippen LogP contribution in [0.15, 0.2) is 34.1 Å². The van der Waals surface area contributed by atoms with Crippen LogP contribution in [0.4, 0.5) is 0 Å². The fraction of sp³-hybridized carbons (Fsp3) is 0.462. The maximum absolute atomic E-state index is 12.6. The molecule has 0 saturated carbocycles. The third-order valence-corrected chi connectivity index (χ3v) is 6.65. The highest BCUT2D eigenvalue weighted by Gasteiger charge is 2.37. The number of sulfone groups is 1. The first kappa shape index (κ1) is 16.9. The van der Waals surface area contributed by atoms with Gasteiger partial charge in [0.25, 0.3) is 0 Å². The van der Waals surface area contributed by atoms with Crippen molar-refractivity contribution in [1.29, 1.82) is 0 Å². The monoisotopic (exact) mass is 347 g/mol. The molecule has 0 unspecified atom stereocenters. The molecular weight excluding hydrogens is 330 g/mol. The number of piperidine rings is 1. The third kappa shape index (κ3) is 3.31. The van der Waals surface area contributed by atoms with E-state index in [0.717, 1.165) is 10.6 Å². The Morgan fingerprint density at radius 1 is 1.09 bits per heavy atom. The second kappa shape index (κ2) is 5.98. The van der Waals surface area contributed by atoms with Crippen molar-refractivity contribution in [1.82, 2.24) is 4.31 Å². The molecule has 0 amide bonds. The van der Waals surface area contributed by atoms with Crippen molar-refractivity contribution in [2.45, 2.75) is 35.1 Å². The molecule has 0 bridgehead atoms. The fourth-order valence-corrected chi connectivity index (χ4v) is 4.72. The summed E-state index contributed by atoms with van der Waals surface area (Å²) < 4.78 is 48.9. The molecule has 22 heavy (non-hydrogen) atoms. The van der Waals surface area contributed by atoms with Gasteiger partial charge in [-0.2, -0.15) is 4.31 Å². The van der Waals surface area contributed by atoms with E-state index in [2.05, 4.69) is 0 Å². The summed E-state index contributed by atoms with van der Waals surface area (Å²) in [5.74, 6) is -1.17. The first-order valence-electron chi connectivity index (χ1n) is 6.69. The van der Waals surface area contributed by atoms with E-state index in [4.69, 9.17) is 0 Å². The SMILES string of the molecule is CS(=O)(=O)c1ccc(S(=O)(=O)N2CCCC[C@@H]2C(=O)O)cc1. The number of carboxylic acid groups (broad SMARTS) is 1. The molecule has 0 aliphatic carbocycles. The van der Waals surface area contributed by atoms with Crippen LogP contribution in [0.1, 0.15) is 19.3 Å². The van der Waals surface area contributed by atoms with Gasteiger partial charge in [-0.25, -0.2) is 16.8 Å². The summed E-state index contributed by atoms with van der Waals surface area (Å²) in [6, 6.07) is 3.73. The topological polar surface area (TPSA) is 109 Å². The fourth-order valence-electron chi connectivity index (χ4n) is 2.43. The number of hydrogen-bond donors (Lipinski definition) is 1. The first-order valence-corrected chi connectivity index (χ1v) is 10.0. The van der Waals surface area contributed by atoms with Gasteiger partial charge in [0, 0.05) is 12.8 Å². The highest BCUT2D eigenvalue weighted by molar-refractivity contribution is 7.90. The average molecular weight is 347 g/mol. The van der Waals surface area contributed by atoms with E-state index in [-0.39, 0.29) is 22.8 Å². The highest BCUT2D eigenvalue weighted by atomic mass is 32.2. The highest BCUT2D eigenvalue weighted by Crippen LogP contribution is 2.26. The van der Waals surface area contributed by atoms with Crippen molar-refractivity contribution in [3.63, 3.8) is 0 Å². The molecule has 1 heterocycles. The second-order valence-corrected chi connectivity index (χ2v) is 9.12. The van der Waals surface area contributed by atoms with Crippen molar-refractivity contribution < 1.29 is 26.7 Å². The van der Waals surface area contributed by atoms with Crippen LogP contribution < -0.4 is 0 Å². The quantitative estimate of drug-likeness (QED) is 0.859. The van der Waals surface area contributed by atoms with Crippen LogP contribution in [-0.4, -0.2) is 51.1 Å². The van der Waals surface area contributed by atoms with Crippen LogP contribution in [0, 0.1) is 0 Å². The molecule has 1 aromatic carbocycles. The number of hydrogen-bond acceptors (Lipinski definition) is 5. The Labute approximate surface area is 129 Å². The minimum atomic E-state index is -3.96. The number of nitrogens with zero attached hydrogens (tertiary/aromatic N) is 1.